The number of nitrogens with zero attached hydrogens (tertiary/aromatic N) is 4. The molecule has 170 valence electrons. The number of fused-ring (bicyclic) bond motifs is 1. The van der Waals surface area contributed by atoms with Gasteiger partial charge in [-0.3, -0.25) is 14.3 Å². The summed E-state index contributed by atoms with van der Waals surface area (Å²) in [5, 5.41) is 9.79. The van der Waals surface area contributed by atoms with Crippen LogP contribution < -0.4 is 4.74 Å². The maximum Gasteiger partial charge on any atom is 0.408 e. The highest BCUT2D eigenvalue weighted by Crippen LogP contribution is 2.27. The van der Waals surface area contributed by atoms with Crippen molar-refractivity contribution in [3.63, 3.8) is 0 Å². The van der Waals surface area contributed by atoms with E-state index in [2.05, 4.69) is 4.98 Å². The second-order valence-corrected chi connectivity index (χ2v) is 9.60. The van der Waals surface area contributed by atoms with E-state index in [1.807, 2.05) is 70.5 Å². The maximum absolute atomic E-state index is 13.3. The van der Waals surface area contributed by atoms with Crippen LogP contribution in [0.1, 0.15) is 47.5 Å². The topological polar surface area (TPSA) is 87.9 Å². The number of carbonyl (C=O) groups is 2. The van der Waals surface area contributed by atoms with Gasteiger partial charge in [0.05, 0.1) is 11.0 Å². The average molecular weight is 431 g/mol. The standard InChI is InChI=1S/C23H34N4O4/c1-15(2)19(27(22(29)30)23(3,4)5)20(28)26-13-11-16(12-14-26)31-21-24-17-9-7-8-10-18(17)25(21)6/h7-10,15-16,19H,11-14H2,1-6H3,(H,29,30)/t19-/m0/s1. The van der Waals surface area contributed by atoms with E-state index in [1.54, 1.807) is 4.90 Å². The number of piperidine rings is 1. The average Bonchev–Trinajstić information content (AvgIpc) is 3.00. The highest BCUT2D eigenvalue weighted by atomic mass is 16.5. The lowest BCUT2D eigenvalue weighted by Crippen LogP contribution is -2.60. The van der Waals surface area contributed by atoms with Crippen molar-refractivity contribution in [1.82, 2.24) is 19.4 Å². The van der Waals surface area contributed by atoms with Crippen LogP contribution in [0.3, 0.4) is 0 Å². The van der Waals surface area contributed by atoms with E-state index in [4.69, 9.17) is 4.74 Å². The minimum Gasteiger partial charge on any atom is -0.465 e. The van der Waals surface area contributed by atoms with Crippen molar-refractivity contribution in [2.45, 2.75) is 65.1 Å². The zero-order valence-corrected chi connectivity index (χ0v) is 19.3. The van der Waals surface area contributed by atoms with Crippen molar-refractivity contribution in [3.8, 4) is 6.01 Å². The summed E-state index contributed by atoms with van der Waals surface area (Å²) in [5.74, 6) is -0.259. The Morgan fingerprint density at radius 1 is 1.19 bits per heavy atom. The summed E-state index contributed by atoms with van der Waals surface area (Å²) in [6.07, 6.45) is 0.264. The fourth-order valence-electron chi connectivity index (χ4n) is 4.28. The van der Waals surface area contributed by atoms with Gasteiger partial charge < -0.3 is 14.7 Å². The maximum atomic E-state index is 13.3. The third-order valence-corrected chi connectivity index (χ3v) is 5.86. The number of amides is 2. The van der Waals surface area contributed by atoms with Crippen molar-refractivity contribution in [2.24, 2.45) is 13.0 Å². The van der Waals surface area contributed by atoms with E-state index < -0.39 is 17.7 Å². The molecule has 2 aromatic rings. The molecule has 2 amide bonds. The number of imidazole rings is 1. The van der Waals surface area contributed by atoms with E-state index in [9.17, 15) is 14.7 Å². The summed E-state index contributed by atoms with van der Waals surface area (Å²) < 4.78 is 8.10. The molecule has 1 aromatic heterocycles. The third kappa shape index (κ3) is 4.78. The van der Waals surface area contributed by atoms with Crippen molar-refractivity contribution < 1.29 is 19.4 Å². The smallest absolute Gasteiger partial charge is 0.408 e. The molecule has 1 atom stereocenters. The molecule has 0 unspecified atom stereocenters. The fraction of sp³-hybridized carbons (Fsp3) is 0.609. The van der Waals surface area contributed by atoms with Crippen molar-refractivity contribution in [2.75, 3.05) is 13.1 Å². The number of carboxylic acid groups (broad SMARTS) is 1. The van der Waals surface area contributed by atoms with Crippen molar-refractivity contribution >= 4 is 23.0 Å². The third-order valence-electron chi connectivity index (χ3n) is 5.86. The molecule has 0 saturated carbocycles. The fourth-order valence-corrected chi connectivity index (χ4v) is 4.28. The normalized spacial score (nSPS) is 16.5. The number of rotatable bonds is 5. The number of likely N-dealkylation sites (tertiary alicyclic amines) is 1. The quantitative estimate of drug-likeness (QED) is 0.781. The summed E-state index contributed by atoms with van der Waals surface area (Å²) in [5.41, 5.74) is 1.24. The molecule has 1 aliphatic heterocycles. The first kappa shape index (κ1) is 22.9. The lowest BCUT2D eigenvalue weighted by atomic mass is 9.94. The lowest BCUT2D eigenvalue weighted by molar-refractivity contribution is -0.142. The van der Waals surface area contributed by atoms with Crippen LogP contribution in [0.2, 0.25) is 0 Å². The van der Waals surface area contributed by atoms with Gasteiger partial charge in [0.15, 0.2) is 0 Å². The monoisotopic (exact) mass is 430 g/mol. The highest BCUT2D eigenvalue weighted by Gasteiger charge is 2.41. The Hall–Kier alpha value is -2.77. The van der Waals surface area contributed by atoms with Crippen LogP contribution in [0.5, 0.6) is 6.01 Å². The largest absolute Gasteiger partial charge is 0.465 e. The molecule has 8 nitrogen and oxygen atoms in total. The van der Waals surface area contributed by atoms with Crippen LogP contribution in [0.15, 0.2) is 24.3 Å². The molecule has 0 bridgehead atoms. The molecular weight excluding hydrogens is 396 g/mol. The van der Waals surface area contributed by atoms with Gasteiger partial charge in [0.2, 0.25) is 5.91 Å². The second kappa shape index (κ2) is 8.77. The molecule has 31 heavy (non-hydrogen) atoms. The zero-order chi connectivity index (χ0) is 22.9. The van der Waals surface area contributed by atoms with Gasteiger partial charge in [-0.1, -0.05) is 26.0 Å². The van der Waals surface area contributed by atoms with Crippen LogP contribution in [0.25, 0.3) is 11.0 Å². The zero-order valence-electron chi connectivity index (χ0n) is 19.3. The SMILES string of the molecule is CC(C)[C@@H](C(=O)N1CCC(Oc2nc3ccccc3n2C)CC1)N(C(=O)O)C(C)(C)C. The molecule has 1 saturated heterocycles. The molecule has 0 spiro atoms. The van der Waals surface area contributed by atoms with E-state index in [-0.39, 0.29) is 17.9 Å². The van der Waals surface area contributed by atoms with Crippen molar-refractivity contribution in [3.05, 3.63) is 24.3 Å². The molecular formula is C23H34N4O4. The van der Waals surface area contributed by atoms with Gasteiger partial charge in [-0.15, -0.1) is 0 Å². The van der Waals surface area contributed by atoms with Crippen LogP contribution in [-0.2, 0) is 11.8 Å². The lowest BCUT2D eigenvalue weighted by Gasteiger charge is -2.43. The van der Waals surface area contributed by atoms with Crippen molar-refractivity contribution in [1.29, 1.82) is 0 Å². The van der Waals surface area contributed by atoms with Gasteiger partial charge in [0, 0.05) is 38.5 Å². The Morgan fingerprint density at radius 2 is 1.81 bits per heavy atom. The van der Waals surface area contributed by atoms with Crippen LogP contribution in [0, 0.1) is 5.92 Å². The first-order valence-corrected chi connectivity index (χ1v) is 10.9. The summed E-state index contributed by atoms with van der Waals surface area (Å²) >= 11 is 0. The van der Waals surface area contributed by atoms with E-state index in [0.29, 0.717) is 31.9 Å². The minimum absolute atomic E-state index is 0.0322. The van der Waals surface area contributed by atoms with Crippen LogP contribution in [-0.4, -0.2) is 67.2 Å². The number of aryl methyl sites for hydroxylation is 1. The summed E-state index contributed by atoms with van der Waals surface area (Å²) in [4.78, 5) is 32.9. The molecule has 0 aliphatic carbocycles. The number of hydrogen-bond acceptors (Lipinski definition) is 4. The number of carbonyl (C=O) groups excluding carboxylic acids is 1. The number of benzene rings is 1. The Kier molecular flexibility index (Phi) is 6.48. The van der Waals surface area contributed by atoms with Gasteiger partial charge in [-0.25, -0.2) is 4.79 Å². The first-order chi connectivity index (χ1) is 14.5. The molecule has 1 aromatic carbocycles. The Bertz CT molecular complexity index is 939. The molecule has 1 fully saturated rings. The van der Waals surface area contributed by atoms with E-state index in [1.165, 1.54) is 4.90 Å². The predicted molar refractivity (Wildman–Crippen MR) is 119 cm³/mol. The number of para-hydroxylation sites is 2. The highest BCUT2D eigenvalue weighted by molar-refractivity contribution is 5.86. The molecule has 0 radical (unpaired) electrons. The number of aromatic nitrogens is 2. The summed E-state index contributed by atoms with van der Waals surface area (Å²) in [6.45, 7) is 10.3. The molecule has 2 heterocycles. The van der Waals surface area contributed by atoms with E-state index in [0.717, 1.165) is 11.0 Å². The Labute approximate surface area is 183 Å². The number of ether oxygens (including phenoxy) is 1. The first-order valence-electron chi connectivity index (χ1n) is 10.9. The Morgan fingerprint density at radius 3 is 2.32 bits per heavy atom. The molecule has 3 rings (SSSR count). The Balaban J connectivity index is 1.68. The summed E-state index contributed by atoms with van der Waals surface area (Å²) in [6, 6.07) is 7.75. The van der Waals surface area contributed by atoms with Gasteiger partial charge in [-0.2, -0.15) is 4.98 Å². The van der Waals surface area contributed by atoms with Gasteiger partial charge >= 0.3 is 6.09 Å². The molecule has 1 aliphatic rings. The van der Waals surface area contributed by atoms with Gasteiger partial charge in [0.1, 0.15) is 12.1 Å². The summed E-state index contributed by atoms with van der Waals surface area (Å²) in [7, 11) is 1.93. The number of hydrogen-bond donors (Lipinski definition) is 1. The minimum atomic E-state index is -1.07. The van der Waals surface area contributed by atoms with E-state index >= 15 is 0 Å². The van der Waals surface area contributed by atoms with Gasteiger partial charge in [0.25, 0.3) is 6.01 Å². The van der Waals surface area contributed by atoms with Gasteiger partial charge in [-0.05, 0) is 38.8 Å². The second-order valence-electron chi connectivity index (χ2n) is 9.60. The predicted octanol–water partition coefficient (Wildman–Crippen LogP) is 3.75. The molecule has 8 heteroatoms. The molecule has 1 N–H and O–H groups in total. The van der Waals surface area contributed by atoms with Crippen LogP contribution >= 0.6 is 0 Å². The van der Waals surface area contributed by atoms with Crippen LogP contribution in [0.4, 0.5) is 4.79 Å².